The number of piperidine rings is 2. The molecule has 2 aromatic carbocycles. The van der Waals surface area contributed by atoms with Gasteiger partial charge in [-0.1, -0.05) is 76.2 Å². The standard InChI is InChI=1S/C42H50N8O6/c1-21(2)35(47-41(53)56-6)39(51)49-31-15-27(31)17-33(49)37-43-19-29(45-37)25-11-7-23(8-12-25)24-9-13-26(14-10-24)30-20-44-38(46-30)34-18-28-16-32(28)50(34)40(52)36(22(3)4)48(5)42(54)55/h7-14,19-22,27-28,31-36H,15-18H2,1-6H3,(H,43,45)(H,44,46)(H,47,53)(H,54,55)/t27-,28+,31+,32+,33+,34+,35-,36-/m0/s1. The van der Waals surface area contributed by atoms with E-state index >= 15 is 0 Å². The molecule has 4 fully saturated rings. The quantitative estimate of drug-likeness (QED) is 0.134. The second-order valence-corrected chi connectivity index (χ2v) is 16.6. The van der Waals surface area contributed by atoms with Gasteiger partial charge >= 0.3 is 12.2 Å². The summed E-state index contributed by atoms with van der Waals surface area (Å²) in [4.78, 5) is 72.7. The first-order valence-electron chi connectivity index (χ1n) is 19.6. The van der Waals surface area contributed by atoms with Gasteiger partial charge in [-0.05, 0) is 71.6 Å². The minimum absolute atomic E-state index is 0.100. The average molecular weight is 763 g/mol. The fourth-order valence-electron chi connectivity index (χ4n) is 9.05. The first-order chi connectivity index (χ1) is 26.8. The Morgan fingerprint density at radius 2 is 1.18 bits per heavy atom. The second-order valence-electron chi connectivity index (χ2n) is 16.6. The number of likely N-dealkylation sites (N-methyl/N-ethyl adjacent to an activating group) is 1. The van der Waals surface area contributed by atoms with E-state index in [1.807, 2.05) is 43.7 Å². The lowest BCUT2D eigenvalue weighted by Crippen LogP contribution is -2.52. The molecule has 2 aromatic heterocycles. The third kappa shape index (κ3) is 6.79. The van der Waals surface area contributed by atoms with Crippen molar-refractivity contribution in [3.05, 3.63) is 72.6 Å². The summed E-state index contributed by atoms with van der Waals surface area (Å²) in [6, 6.07) is 15.0. The molecule has 2 saturated carbocycles. The zero-order valence-corrected chi connectivity index (χ0v) is 32.6. The van der Waals surface area contributed by atoms with E-state index in [1.165, 1.54) is 14.2 Å². The molecule has 8 rings (SSSR count). The van der Waals surface area contributed by atoms with Crippen LogP contribution in [0.2, 0.25) is 0 Å². The van der Waals surface area contributed by atoms with Crippen LogP contribution in [0.3, 0.4) is 0 Å². The van der Waals surface area contributed by atoms with Gasteiger partial charge in [-0.2, -0.15) is 0 Å². The molecule has 4 heterocycles. The topological polar surface area (TPSA) is 177 Å². The van der Waals surface area contributed by atoms with Crippen molar-refractivity contribution < 1.29 is 29.0 Å². The molecule has 2 aliphatic carbocycles. The van der Waals surface area contributed by atoms with Crippen molar-refractivity contribution >= 4 is 24.0 Å². The fourth-order valence-corrected chi connectivity index (χ4v) is 9.05. The molecule has 4 aliphatic rings. The maximum atomic E-state index is 13.8. The maximum Gasteiger partial charge on any atom is 0.407 e. The van der Waals surface area contributed by atoms with Gasteiger partial charge in [-0.3, -0.25) is 14.5 Å². The Kier molecular flexibility index (Phi) is 9.61. The minimum atomic E-state index is -1.11. The van der Waals surface area contributed by atoms with Crippen LogP contribution < -0.4 is 5.32 Å². The monoisotopic (exact) mass is 762 g/mol. The van der Waals surface area contributed by atoms with Crippen LogP contribution in [0.1, 0.15) is 77.1 Å². The van der Waals surface area contributed by atoms with Gasteiger partial charge in [-0.25, -0.2) is 19.6 Å². The molecule has 4 amide bonds. The van der Waals surface area contributed by atoms with E-state index in [9.17, 15) is 24.3 Å². The Hall–Kier alpha value is -5.66. The number of benzene rings is 2. The van der Waals surface area contributed by atoms with Crippen molar-refractivity contribution in [2.75, 3.05) is 14.2 Å². The van der Waals surface area contributed by atoms with E-state index in [-0.39, 0.29) is 47.8 Å². The zero-order valence-electron chi connectivity index (χ0n) is 32.6. The minimum Gasteiger partial charge on any atom is -0.465 e. The summed E-state index contributed by atoms with van der Waals surface area (Å²) in [6.07, 6.45) is 5.47. The molecular formula is C42H50N8O6. The Morgan fingerprint density at radius 3 is 1.59 bits per heavy atom. The van der Waals surface area contributed by atoms with Gasteiger partial charge in [-0.15, -0.1) is 0 Å². The zero-order chi connectivity index (χ0) is 39.6. The van der Waals surface area contributed by atoms with E-state index < -0.39 is 24.3 Å². The molecule has 294 valence electrons. The smallest absolute Gasteiger partial charge is 0.407 e. The number of ether oxygens (including phenoxy) is 1. The molecule has 8 atom stereocenters. The van der Waals surface area contributed by atoms with Crippen molar-refractivity contribution in [1.82, 2.24) is 40.0 Å². The first-order valence-corrected chi connectivity index (χ1v) is 19.6. The predicted molar refractivity (Wildman–Crippen MR) is 208 cm³/mol. The number of amides is 4. The number of alkyl carbamates (subject to hydrolysis) is 1. The van der Waals surface area contributed by atoms with Crippen molar-refractivity contribution in [2.45, 2.75) is 89.6 Å². The number of nitrogens with zero attached hydrogens (tertiary/aromatic N) is 5. The molecule has 0 spiro atoms. The number of imidazole rings is 2. The maximum absolute atomic E-state index is 13.8. The fraction of sp³-hybridized carbons (Fsp3) is 0.476. The van der Waals surface area contributed by atoms with Gasteiger partial charge in [0.05, 0.1) is 43.0 Å². The number of aromatic nitrogens is 4. The summed E-state index contributed by atoms with van der Waals surface area (Å²) in [5.74, 6) is 1.81. The molecule has 4 N–H and O–H groups in total. The Morgan fingerprint density at radius 1 is 0.732 bits per heavy atom. The Labute approximate surface area is 326 Å². The van der Waals surface area contributed by atoms with E-state index in [0.717, 1.165) is 75.9 Å². The molecule has 0 radical (unpaired) electrons. The van der Waals surface area contributed by atoms with Crippen molar-refractivity contribution in [2.24, 2.45) is 23.7 Å². The Balaban J connectivity index is 0.936. The number of rotatable bonds is 11. The van der Waals surface area contributed by atoms with Crippen LogP contribution in [-0.4, -0.2) is 102 Å². The van der Waals surface area contributed by atoms with E-state index in [4.69, 9.17) is 14.7 Å². The summed E-state index contributed by atoms with van der Waals surface area (Å²) >= 11 is 0. The number of aromatic amines is 2. The van der Waals surface area contributed by atoms with Gasteiger partial charge < -0.3 is 34.9 Å². The number of methoxy groups -OCH3 is 1. The number of carbonyl (C=O) groups excluding carboxylic acids is 3. The highest BCUT2D eigenvalue weighted by Crippen LogP contribution is 2.54. The van der Waals surface area contributed by atoms with E-state index in [2.05, 4.69) is 63.8 Å². The number of likely N-dealkylation sites (tertiary alicyclic amines) is 2. The van der Waals surface area contributed by atoms with Gasteiger partial charge in [0.1, 0.15) is 23.7 Å². The van der Waals surface area contributed by atoms with E-state index in [1.54, 1.807) is 6.20 Å². The number of fused-ring (bicyclic) bond motifs is 2. The number of hydrogen-bond donors (Lipinski definition) is 4. The SMILES string of the molecule is COC(=O)N[C@H](C(=O)N1[C@@H](c2ncc(-c3ccc(-c4ccc(-c5cnc([C@H]6C[C@H]7C[C@H]7N6C(=O)[C@H](C(C)C)N(C)C(=O)O)[nH]5)cc4)cc3)[nH]2)C[C@@H]2C[C@H]21)C(C)C. The number of nitrogens with one attached hydrogen (secondary N) is 3. The van der Waals surface area contributed by atoms with Crippen molar-refractivity contribution in [3.8, 4) is 33.6 Å². The lowest BCUT2D eigenvalue weighted by Gasteiger charge is -2.35. The highest BCUT2D eigenvalue weighted by Gasteiger charge is 2.57. The highest BCUT2D eigenvalue weighted by molar-refractivity contribution is 5.88. The number of hydrogen-bond acceptors (Lipinski definition) is 7. The van der Waals surface area contributed by atoms with Crippen LogP contribution in [0, 0.1) is 23.7 Å². The summed E-state index contributed by atoms with van der Waals surface area (Å²) < 4.78 is 4.79. The Bertz CT molecular complexity index is 2130. The third-order valence-electron chi connectivity index (χ3n) is 12.3. The largest absolute Gasteiger partial charge is 0.465 e. The van der Waals surface area contributed by atoms with Crippen molar-refractivity contribution in [3.63, 3.8) is 0 Å². The third-order valence-corrected chi connectivity index (χ3v) is 12.3. The molecule has 0 bridgehead atoms. The van der Waals surface area contributed by atoms with E-state index in [0.29, 0.717) is 11.8 Å². The second kappa shape index (κ2) is 14.4. The number of carboxylic acid groups (broad SMARTS) is 1. The summed E-state index contributed by atoms with van der Waals surface area (Å²) in [5, 5.41) is 12.4. The van der Waals surface area contributed by atoms with Crippen LogP contribution >= 0.6 is 0 Å². The molecule has 2 aliphatic heterocycles. The lowest BCUT2D eigenvalue weighted by molar-refractivity contribution is -0.140. The first kappa shape index (κ1) is 37.3. The molecule has 2 saturated heterocycles. The number of carbonyl (C=O) groups is 4. The molecular weight excluding hydrogens is 713 g/mol. The normalized spacial score (nSPS) is 24.4. The van der Waals surface area contributed by atoms with Crippen LogP contribution in [-0.2, 0) is 14.3 Å². The predicted octanol–water partition coefficient (Wildman–Crippen LogP) is 6.47. The molecule has 4 aromatic rings. The summed E-state index contributed by atoms with van der Waals surface area (Å²) in [7, 11) is 2.76. The van der Waals surface area contributed by atoms with Gasteiger partial charge in [0.25, 0.3) is 0 Å². The highest BCUT2D eigenvalue weighted by atomic mass is 16.5. The van der Waals surface area contributed by atoms with Gasteiger partial charge in [0.2, 0.25) is 11.8 Å². The molecule has 56 heavy (non-hydrogen) atoms. The van der Waals surface area contributed by atoms with Crippen LogP contribution in [0.25, 0.3) is 33.6 Å². The molecule has 14 nitrogen and oxygen atoms in total. The van der Waals surface area contributed by atoms with Gasteiger partial charge in [0, 0.05) is 19.1 Å². The van der Waals surface area contributed by atoms with Crippen LogP contribution in [0.5, 0.6) is 0 Å². The van der Waals surface area contributed by atoms with Crippen LogP contribution in [0.4, 0.5) is 9.59 Å². The molecule has 0 unspecified atom stereocenters. The number of H-pyrrole nitrogens is 2. The van der Waals surface area contributed by atoms with Gasteiger partial charge in [0.15, 0.2) is 0 Å². The average Bonchev–Trinajstić information content (AvgIpc) is 3.78. The summed E-state index contributed by atoms with van der Waals surface area (Å²) in [5.41, 5.74) is 5.78. The van der Waals surface area contributed by atoms with Crippen molar-refractivity contribution in [1.29, 1.82) is 0 Å². The summed E-state index contributed by atoms with van der Waals surface area (Å²) in [6.45, 7) is 7.59. The molecule has 14 heteroatoms. The lowest BCUT2D eigenvalue weighted by atomic mass is 10.0. The van der Waals surface area contributed by atoms with Crippen LogP contribution in [0.15, 0.2) is 60.9 Å².